The number of carbonyl (C=O) groups excluding carboxylic acids is 6. The van der Waals surface area contributed by atoms with Crippen LogP contribution in [0.15, 0.2) is 15.0 Å². The van der Waals surface area contributed by atoms with Gasteiger partial charge in [0, 0.05) is 19.6 Å². The van der Waals surface area contributed by atoms with Crippen molar-refractivity contribution in [1.82, 2.24) is 26.6 Å². The number of aliphatic imine (C=N–C) groups is 3. The molecule has 5 amide bonds. The van der Waals surface area contributed by atoms with Crippen LogP contribution in [0.1, 0.15) is 96.3 Å². The quantitative estimate of drug-likeness (QED) is 0.0122. The second-order valence-corrected chi connectivity index (χ2v) is 14.3. The van der Waals surface area contributed by atoms with Crippen molar-refractivity contribution < 1.29 is 28.8 Å². The number of guanidine groups is 3. The Morgan fingerprint density at radius 3 is 1.05 bits per heavy atom. The van der Waals surface area contributed by atoms with Gasteiger partial charge in [-0.2, -0.15) is 0 Å². The van der Waals surface area contributed by atoms with Crippen LogP contribution in [-0.4, -0.2) is 129 Å². The third-order valence-electron chi connectivity index (χ3n) is 9.08. The topological polar surface area (TPSA) is 460 Å². The maximum Gasteiger partial charge on any atom is 0.243 e. The number of hydrogen-bond donors (Lipinski definition) is 15. The fourth-order valence-electron chi connectivity index (χ4n) is 5.78. The monoisotopic (exact) mass is 855 g/mol. The lowest BCUT2D eigenvalue weighted by atomic mass is 10.0. The molecule has 0 aliphatic carbocycles. The summed E-state index contributed by atoms with van der Waals surface area (Å²) in [6.45, 7) is 1.63. The fraction of sp³-hybridized carbons (Fsp3) is 0.750. The lowest BCUT2D eigenvalue weighted by Crippen LogP contribution is -2.59. The Balaban J connectivity index is 6.42. The summed E-state index contributed by atoms with van der Waals surface area (Å²) in [6, 6.07) is -6.43. The first-order valence-corrected chi connectivity index (χ1v) is 20.6. The number of hydrogen-bond acceptors (Lipinski definition) is 13. The van der Waals surface area contributed by atoms with E-state index in [1.807, 2.05) is 0 Å². The third-order valence-corrected chi connectivity index (χ3v) is 9.08. The van der Waals surface area contributed by atoms with Crippen LogP contribution < -0.4 is 83.9 Å². The standard InChI is InChI=1S/C36H74N18O6/c37-16-4-1-11-24(40)29(56)51-27(14-8-20-48-35(43)44)32(59)53-26(13-3-6-18-39)31(58)54-28(15-9-21-49-36(45)46)33(60)52-25(12-2-5-17-38)30(57)50-23(22-55)10-7-19-47-34(41)42/h22-28H,1-21,37-40H2,(H,50,57)(H,51,56)(H,52,60)(H,53,59)(H,54,58)(H4,41,42,47)(H4,43,44,48)(H4,45,46,49)/t23-,24-,25-,26-,27-,28-/m0/s1. The minimum Gasteiger partial charge on any atom is -0.370 e. The van der Waals surface area contributed by atoms with Gasteiger partial charge in [0.1, 0.15) is 30.5 Å². The van der Waals surface area contributed by atoms with Crippen molar-refractivity contribution in [2.45, 2.75) is 133 Å². The first kappa shape index (κ1) is 54.7. The molecule has 0 aromatic carbocycles. The van der Waals surface area contributed by atoms with Crippen LogP contribution in [0.2, 0.25) is 0 Å². The number of nitrogens with zero attached hydrogens (tertiary/aromatic N) is 3. The van der Waals surface area contributed by atoms with Crippen molar-refractivity contribution in [2.24, 2.45) is 72.3 Å². The van der Waals surface area contributed by atoms with Crippen LogP contribution in [0.3, 0.4) is 0 Å². The molecule has 0 heterocycles. The zero-order valence-electron chi connectivity index (χ0n) is 35.0. The van der Waals surface area contributed by atoms with Gasteiger partial charge >= 0.3 is 0 Å². The normalized spacial score (nSPS) is 13.8. The molecule has 25 N–H and O–H groups in total. The molecule has 0 aliphatic rings. The minimum absolute atomic E-state index is 0.0300. The molecule has 0 spiro atoms. The van der Waals surface area contributed by atoms with Gasteiger partial charge in [-0.25, -0.2) is 0 Å². The molecule has 24 heteroatoms. The average Bonchev–Trinajstić information content (AvgIpc) is 3.19. The van der Waals surface area contributed by atoms with Crippen molar-refractivity contribution in [3.63, 3.8) is 0 Å². The second-order valence-electron chi connectivity index (χ2n) is 14.3. The summed E-state index contributed by atoms with van der Waals surface area (Å²) in [5.41, 5.74) is 55.6. The highest BCUT2D eigenvalue weighted by atomic mass is 16.2. The summed E-state index contributed by atoms with van der Waals surface area (Å²) in [5, 5.41) is 13.5. The van der Waals surface area contributed by atoms with Gasteiger partial charge in [-0.05, 0) is 110 Å². The van der Waals surface area contributed by atoms with Gasteiger partial charge in [-0.3, -0.25) is 38.9 Å². The Hall–Kier alpha value is -5.33. The SMILES string of the molecule is NCCCC[C@H](NC(=O)[C@H](CCCN=C(N)N)NC(=O)[C@H](CCCCN)NC(=O)[C@H](CCCN=C(N)N)NC(=O)[C@@H](N)CCCCN)C(=O)N[C@H](C=O)CCCN=C(N)N. The molecule has 0 bridgehead atoms. The molecule has 0 aromatic heterocycles. The van der Waals surface area contributed by atoms with E-state index in [9.17, 15) is 28.8 Å². The van der Waals surface area contributed by atoms with Gasteiger partial charge < -0.3 is 88.7 Å². The van der Waals surface area contributed by atoms with Crippen molar-refractivity contribution >= 4 is 53.7 Å². The van der Waals surface area contributed by atoms with E-state index in [2.05, 4.69) is 41.6 Å². The summed E-state index contributed by atoms with van der Waals surface area (Å²) in [7, 11) is 0. The van der Waals surface area contributed by atoms with E-state index >= 15 is 0 Å². The van der Waals surface area contributed by atoms with Gasteiger partial charge in [0.05, 0.1) is 12.1 Å². The summed E-state index contributed by atoms with van der Waals surface area (Å²) >= 11 is 0. The molecule has 0 rings (SSSR count). The Bertz CT molecular complexity index is 1370. The molecular formula is C36H74N18O6. The molecule has 6 atom stereocenters. The number of nitrogens with one attached hydrogen (secondary N) is 5. The van der Waals surface area contributed by atoms with Crippen LogP contribution in [0.25, 0.3) is 0 Å². The van der Waals surface area contributed by atoms with E-state index in [1.54, 1.807) is 0 Å². The van der Waals surface area contributed by atoms with E-state index in [0.717, 1.165) is 0 Å². The highest BCUT2D eigenvalue weighted by molar-refractivity contribution is 5.96. The number of nitrogens with two attached hydrogens (primary N) is 10. The van der Waals surface area contributed by atoms with Crippen LogP contribution >= 0.6 is 0 Å². The molecule has 0 fully saturated rings. The van der Waals surface area contributed by atoms with Gasteiger partial charge in [-0.1, -0.05) is 6.42 Å². The Morgan fingerprint density at radius 1 is 0.417 bits per heavy atom. The summed E-state index contributed by atoms with van der Waals surface area (Å²) in [6.07, 6.45) is 5.76. The maximum absolute atomic E-state index is 14.0. The van der Waals surface area contributed by atoms with Crippen LogP contribution in [0, 0.1) is 0 Å². The Labute approximate surface area is 352 Å². The largest absolute Gasteiger partial charge is 0.370 e. The molecule has 0 unspecified atom stereocenters. The smallest absolute Gasteiger partial charge is 0.243 e. The lowest BCUT2D eigenvalue weighted by molar-refractivity contribution is -0.135. The van der Waals surface area contributed by atoms with Crippen molar-refractivity contribution in [2.75, 3.05) is 39.3 Å². The number of carbonyl (C=O) groups is 6. The molecule has 344 valence electrons. The molecule has 0 saturated heterocycles. The van der Waals surface area contributed by atoms with Crippen molar-refractivity contribution in [3.8, 4) is 0 Å². The predicted octanol–water partition coefficient (Wildman–Crippen LogP) is -5.52. The Morgan fingerprint density at radius 2 is 0.717 bits per heavy atom. The zero-order valence-corrected chi connectivity index (χ0v) is 35.0. The Kier molecular flexibility index (Phi) is 30.5. The highest BCUT2D eigenvalue weighted by Crippen LogP contribution is 2.10. The van der Waals surface area contributed by atoms with Gasteiger partial charge in [0.2, 0.25) is 29.5 Å². The first-order valence-electron chi connectivity index (χ1n) is 20.6. The van der Waals surface area contributed by atoms with E-state index in [-0.39, 0.29) is 76.0 Å². The van der Waals surface area contributed by atoms with E-state index in [4.69, 9.17) is 57.3 Å². The molecule has 0 aromatic rings. The van der Waals surface area contributed by atoms with E-state index in [1.165, 1.54) is 0 Å². The molecule has 24 nitrogen and oxygen atoms in total. The van der Waals surface area contributed by atoms with Crippen LogP contribution in [0.4, 0.5) is 0 Å². The lowest BCUT2D eigenvalue weighted by Gasteiger charge is -2.27. The summed E-state index contributed by atoms with van der Waals surface area (Å²) in [4.78, 5) is 91.9. The van der Waals surface area contributed by atoms with E-state index < -0.39 is 65.8 Å². The van der Waals surface area contributed by atoms with Gasteiger partial charge in [0.25, 0.3) is 0 Å². The number of amides is 5. The number of unbranched alkanes of at least 4 members (excludes halogenated alkanes) is 3. The number of rotatable bonds is 35. The molecule has 0 radical (unpaired) electrons. The van der Waals surface area contributed by atoms with E-state index in [0.29, 0.717) is 83.7 Å². The van der Waals surface area contributed by atoms with Crippen LogP contribution in [0.5, 0.6) is 0 Å². The predicted molar refractivity (Wildman–Crippen MR) is 232 cm³/mol. The molecule has 0 aliphatic heterocycles. The second kappa shape index (κ2) is 33.5. The highest BCUT2D eigenvalue weighted by Gasteiger charge is 2.32. The summed E-state index contributed by atoms with van der Waals surface area (Å²) < 4.78 is 0. The maximum atomic E-state index is 14.0. The number of aldehydes is 1. The third kappa shape index (κ3) is 26.6. The van der Waals surface area contributed by atoms with Gasteiger partial charge in [0.15, 0.2) is 17.9 Å². The molecule has 60 heavy (non-hydrogen) atoms. The van der Waals surface area contributed by atoms with Crippen molar-refractivity contribution in [1.29, 1.82) is 0 Å². The summed E-state index contributed by atoms with van der Waals surface area (Å²) in [5.74, 6) is -3.70. The van der Waals surface area contributed by atoms with Crippen LogP contribution in [-0.2, 0) is 28.8 Å². The fourth-order valence-corrected chi connectivity index (χ4v) is 5.78. The van der Waals surface area contributed by atoms with Crippen molar-refractivity contribution in [3.05, 3.63) is 0 Å². The molecular weight excluding hydrogens is 781 g/mol. The zero-order chi connectivity index (χ0) is 45.3. The average molecular weight is 855 g/mol. The van der Waals surface area contributed by atoms with Gasteiger partial charge in [-0.15, -0.1) is 0 Å². The molecule has 0 saturated carbocycles. The first-order chi connectivity index (χ1) is 28.6. The minimum atomic E-state index is -1.23.